The highest BCUT2D eigenvalue weighted by atomic mass is 32.2. The number of carbonyl (C=O) groups is 1. The van der Waals surface area contributed by atoms with E-state index in [0.717, 1.165) is 5.56 Å². The number of rotatable bonds is 9. The smallest absolute Gasteiger partial charge is 0.238 e. The molecule has 0 radical (unpaired) electrons. The minimum absolute atomic E-state index is 0.209. The molecule has 2 N–H and O–H groups in total. The Morgan fingerprint density at radius 2 is 1.92 bits per heavy atom. The summed E-state index contributed by atoms with van der Waals surface area (Å²) in [5, 5.41) is 2.68. The molecule has 8 heteroatoms. The zero-order valence-electron chi connectivity index (χ0n) is 14.8. The number of nitrogens with one attached hydrogen (secondary N) is 2. The third-order valence-corrected chi connectivity index (χ3v) is 4.96. The fraction of sp³-hybridized carbons (Fsp3) is 0.333. The highest BCUT2D eigenvalue weighted by Crippen LogP contribution is 2.14. The first-order valence-corrected chi connectivity index (χ1v) is 9.93. The van der Waals surface area contributed by atoms with E-state index in [1.54, 1.807) is 42.7 Å². The number of aromatic nitrogens is 1. The maximum absolute atomic E-state index is 12.3. The number of hydrogen-bond acceptors (Lipinski definition) is 5. The van der Waals surface area contributed by atoms with Gasteiger partial charge in [0, 0.05) is 18.9 Å². The van der Waals surface area contributed by atoms with Gasteiger partial charge in [0.15, 0.2) is 0 Å². The van der Waals surface area contributed by atoms with E-state index in [4.69, 9.17) is 4.74 Å². The molecule has 0 spiro atoms. The Morgan fingerprint density at radius 3 is 2.54 bits per heavy atom. The first-order chi connectivity index (χ1) is 12.4. The molecule has 1 aromatic carbocycles. The van der Waals surface area contributed by atoms with Crippen LogP contribution in [-0.2, 0) is 27.1 Å². The molecule has 0 saturated heterocycles. The van der Waals surface area contributed by atoms with Gasteiger partial charge in [-0.05, 0) is 43.2 Å². The Morgan fingerprint density at radius 1 is 1.19 bits per heavy atom. The molecule has 0 saturated carbocycles. The predicted molar refractivity (Wildman–Crippen MR) is 98.9 cm³/mol. The fourth-order valence-electron chi connectivity index (χ4n) is 2.28. The Kier molecular flexibility index (Phi) is 7.11. The van der Waals surface area contributed by atoms with E-state index in [1.807, 2.05) is 13.0 Å². The summed E-state index contributed by atoms with van der Waals surface area (Å²) < 4.78 is 32.3. The third-order valence-electron chi connectivity index (χ3n) is 3.53. The van der Waals surface area contributed by atoms with Crippen LogP contribution in [0, 0.1) is 0 Å². The average molecular weight is 377 g/mol. The van der Waals surface area contributed by atoms with Crippen molar-refractivity contribution in [3.63, 3.8) is 0 Å². The van der Waals surface area contributed by atoms with E-state index >= 15 is 0 Å². The topological polar surface area (TPSA) is 97.4 Å². The molecule has 2 rings (SSSR count). The van der Waals surface area contributed by atoms with Crippen LogP contribution in [0.25, 0.3) is 0 Å². The molecule has 140 valence electrons. The zero-order chi connectivity index (χ0) is 19.0. The lowest BCUT2D eigenvalue weighted by Gasteiger charge is -2.14. The number of hydrogen-bond donors (Lipinski definition) is 2. The molecule has 1 unspecified atom stereocenters. The molecule has 0 fully saturated rings. The van der Waals surface area contributed by atoms with Gasteiger partial charge in [0.2, 0.25) is 15.9 Å². The minimum Gasteiger partial charge on any atom is -0.494 e. The molecular weight excluding hydrogens is 354 g/mol. The van der Waals surface area contributed by atoms with E-state index in [1.165, 1.54) is 6.92 Å². The maximum atomic E-state index is 12.3. The van der Waals surface area contributed by atoms with Crippen LogP contribution in [0.5, 0.6) is 5.75 Å². The van der Waals surface area contributed by atoms with Gasteiger partial charge in [0.05, 0.1) is 18.4 Å². The summed E-state index contributed by atoms with van der Waals surface area (Å²) in [7, 11) is -3.65. The van der Waals surface area contributed by atoms with Gasteiger partial charge in [0.25, 0.3) is 0 Å². The summed E-state index contributed by atoms with van der Waals surface area (Å²) in [6, 6.07) is 9.55. The summed E-state index contributed by atoms with van der Waals surface area (Å²) in [4.78, 5) is 16.0. The van der Waals surface area contributed by atoms with Gasteiger partial charge in [-0.3, -0.25) is 9.78 Å². The van der Waals surface area contributed by atoms with Crippen molar-refractivity contribution in [1.29, 1.82) is 0 Å². The molecule has 1 atom stereocenters. The lowest BCUT2D eigenvalue weighted by Crippen LogP contribution is -2.44. The highest BCUT2D eigenvalue weighted by molar-refractivity contribution is 7.88. The van der Waals surface area contributed by atoms with Crippen molar-refractivity contribution in [2.45, 2.75) is 32.2 Å². The van der Waals surface area contributed by atoms with E-state index in [-0.39, 0.29) is 12.3 Å². The quantitative estimate of drug-likeness (QED) is 0.692. The molecule has 1 heterocycles. The van der Waals surface area contributed by atoms with Gasteiger partial charge in [-0.25, -0.2) is 13.1 Å². The van der Waals surface area contributed by atoms with Gasteiger partial charge in [-0.2, -0.15) is 0 Å². The number of ether oxygens (including phenoxy) is 1. The van der Waals surface area contributed by atoms with Crippen molar-refractivity contribution in [3.05, 3.63) is 59.9 Å². The number of sulfonamides is 1. The molecule has 0 bridgehead atoms. The second-order valence-corrected chi connectivity index (χ2v) is 7.51. The van der Waals surface area contributed by atoms with Crippen molar-refractivity contribution < 1.29 is 17.9 Å². The van der Waals surface area contributed by atoms with Crippen LogP contribution in [0.4, 0.5) is 0 Å². The van der Waals surface area contributed by atoms with Gasteiger partial charge < -0.3 is 10.1 Å². The average Bonchev–Trinajstić information content (AvgIpc) is 2.61. The molecule has 0 aliphatic heterocycles. The van der Waals surface area contributed by atoms with Gasteiger partial charge in [0.1, 0.15) is 5.75 Å². The van der Waals surface area contributed by atoms with E-state index in [2.05, 4.69) is 15.0 Å². The molecule has 0 aliphatic carbocycles. The van der Waals surface area contributed by atoms with Crippen LogP contribution in [0.15, 0.2) is 48.8 Å². The largest absolute Gasteiger partial charge is 0.494 e. The number of pyridine rings is 1. The summed E-state index contributed by atoms with van der Waals surface area (Å²) >= 11 is 0. The zero-order valence-corrected chi connectivity index (χ0v) is 15.6. The van der Waals surface area contributed by atoms with Crippen LogP contribution in [-0.4, -0.2) is 32.0 Å². The molecule has 0 aliphatic rings. The number of benzene rings is 1. The van der Waals surface area contributed by atoms with Crippen LogP contribution >= 0.6 is 0 Å². The Bertz CT molecular complexity index is 808. The molecule has 26 heavy (non-hydrogen) atoms. The van der Waals surface area contributed by atoms with Crippen molar-refractivity contribution >= 4 is 15.9 Å². The van der Waals surface area contributed by atoms with Crippen LogP contribution in [0.2, 0.25) is 0 Å². The summed E-state index contributed by atoms with van der Waals surface area (Å²) in [5.74, 6) is 0.0773. The normalized spacial score (nSPS) is 12.4. The predicted octanol–water partition coefficient (Wildman–Crippen LogP) is 1.60. The Balaban J connectivity index is 1.87. The maximum Gasteiger partial charge on any atom is 0.238 e. The lowest BCUT2D eigenvalue weighted by atomic mass is 10.2. The second kappa shape index (κ2) is 9.30. The van der Waals surface area contributed by atoms with Gasteiger partial charge in [-0.15, -0.1) is 0 Å². The molecule has 1 aromatic heterocycles. The Labute approximate surface area is 153 Å². The van der Waals surface area contributed by atoms with Gasteiger partial charge >= 0.3 is 0 Å². The number of carbonyl (C=O) groups excluding carboxylic acids is 1. The number of amides is 1. The van der Waals surface area contributed by atoms with Crippen molar-refractivity contribution in [2.24, 2.45) is 0 Å². The summed E-state index contributed by atoms with van der Waals surface area (Å²) in [6.07, 6.45) is 3.28. The van der Waals surface area contributed by atoms with Crippen LogP contribution in [0.3, 0.4) is 0 Å². The van der Waals surface area contributed by atoms with E-state index in [9.17, 15) is 13.2 Å². The molecular formula is C18H23N3O4S. The fourth-order valence-corrected chi connectivity index (χ4v) is 3.64. The minimum atomic E-state index is -3.65. The van der Waals surface area contributed by atoms with Crippen molar-refractivity contribution in [3.8, 4) is 5.75 Å². The van der Waals surface area contributed by atoms with Crippen LogP contribution < -0.4 is 14.8 Å². The van der Waals surface area contributed by atoms with Gasteiger partial charge in [-0.1, -0.05) is 18.2 Å². The molecule has 7 nitrogen and oxygen atoms in total. The monoisotopic (exact) mass is 377 g/mol. The second-order valence-electron chi connectivity index (χ2n) is 5.75. The summed E-state index contributed by atoms with van der Waals surface area (Å²) in [5.41, 5.74) is 1.45. The van der Waals surface area contributed by atoms with Crippen molar-refractivity contribution in [2.75, 3.05) is 6.61 Å². The van der Waals surface area contributed by atoms with E-state index < -0.39 is 22.0 Å². The first kappa shape index (κ1) is 19.9. The van der Waals surface area contributed by atoms with Crippen LogP contribution in [0.1, 0.15) is 25.0 Å². The summed E-state index contributed by atoms with van der Waals surface area (Å²) in [6.45, 7) is 4.22. The standard InChI is InChI=1S/C18H23N3O4S/c1-3-25-17-8-6-15(7-9-17)13-26(23,24)21-14(2)18(22)20-12-16-5-4-10-19-11-16/h4-11,14,21H,3,12-13H2,1-2H3,(H,20,22). The third kappa shape index (κ3) is 6.45. The SMILES string of the molecule is CCOc1ccc(CS(=O)(=O)NC(C)C(=O)NCc2cccnc2)cc1. The number of nitrogens with zero attached hydrogens (tertiary/aromatic N) is 1. The van der Waals surface area contributed by atoms with E-state index in [0.29, 0.717) is 17.9 Å². The highest BCUT2D eigenvalue weighted by Gasteiger charge is 2.20. The molecule has 1 amide bonds. The lowest BCUT2D eigenvalue weighted by molar-refractivity contribution is -0.122. The van der Waals surface area contributed by atoms with Crippen molar-refractivity contribution in [1.82, 2.24) is 15.0 Å². The first-order valence-electron chi connectivity index (χ1n) is 8.28. The molecule has 2 aromatic rings. The Hall–Kier alpha value is -2.45.